The number of nitrogens with one attached hydrogen (secondary N) is 1. The van der Waals surface area contributed by atoms with Gasteiger partial charge in [-0.15, -0.1) is 11.3 Å². The molecule has 3 heterocycles. The van der Waals surface area contributed by atoms with Crippen LogP contribution in [0.25, 0.3) is 0 Å². The van der Waals surface area contributed by atoms with Gasteiger partial charge in [0.15, 0.2) is 0 Å². The van der Waals surface area contributed by atoms with Gasteiger partial charge in [-0.05, 0) is 21.0 Å². The number of halogens is 2. The molecule has 9 nitrogen and oxygen atoms in total. The fourth-order valence-electron chi connectivity index (χ4n) is 2.56. The van der Waals surface area contributed by atoms with Crippen molar-refractivity contribution < 1.29 is 9.72 Å². The summed E-state index contributed by atoms with van der Waals surface area (Å²) in [5, 5.41) is 19.3. The van der Waals surface area contributed by atoms with Gasteiger partial charge in [-0.1, -0.05) is 35.0 Å². The SMILES string of the molecule is Cc1cc(NC(=O)c2cc([N+](=O)[O-])c(Sc3c(Cl)cncc3Cl)s2)n(CCN(C)C)n1. The summed E-state index contributed by atoms with van der Waals surface area (Å²) < 4.78 is 1.99. The zero-order valence-corrected chi connectivity index (χ0v) is 19.9. The number of aromatic nitrogens is 3. The molecule has 0 bridgehead atoms. The van der Waals surface area contributed by atoms with Crippen LogP contribution < -0.4 is 5.32 Å². The zero-order valence-electron chi connectivity index (χ0n) is 16.8. The predicted molar refractivity (Wildman–Crippen MR) is 123 cm³/mol. The number of amides is 1. The van der Waals surface area contributed by atoms with Crippen LogP contribution >= 0.6 is 46.3 Å². The molecule has 0 radical (unpaired) electrons. The molecule has 0 saturated carbocycles. The molecule has 31 heavy (non-hydrogen) atoms. The third-order valence-electron chi connectivity index (χ3n) is 4.01. The molecule has 0 unspecified atom stereocenters. The number of hydrogen-bond donors (Lipinski definition) is 1. The maximum absolute atomic E-state index is 12.8. The van der Waals surface area contributed by atoms with Crippen LogP contribution in [0.1, 0.15) is 15.4 Å². The molecular formula is C18H18Cl2N6O3S2. The summed E-state index contributed by atoms with van der Waals surface area (Å²) in [6, 6.07) is 3.00. The van der Waals surface area contributed by atoms with Crippen LogP contribution in [0.15, 0.2) is 33.6 Å². The zero-order chi connectivity index (χ0) is 22.7. The lowest BCUT2D eigenvalue weighted by Gasteiger charge is -2.12. The Morgan fingerprint density at radius 2 is 2.00 bits per heavy atom. The number of likely N-dealkylation sites (N-methyl/N-ethyl adjacent to an activating group) is 1. The van der Waals surface area contributed by atoms with E-state index < -0.39 is 10.8 Å². The number of carbonyl (C=O) groups is 1. The van der Waals surface area contributed by atoms with E-state index in [0.717, 1.165) is 35.3 Å². The van der Waals surface area contributed by atoms with Crippen molar-refractivity contribution in [3.63, 3.8) is 0 Å². The van der Waals surface area contributed by atoms with Crippen LogP contribution in [0.2, 0.25) is 10.0 Å². The van der Waals surface area contributed by atoms with E-state index in [9.17, 15) is 14.9 Å². The second-order valence-electron chi connectivity index (χ2n) is 6.73. The smallest absolute Gasteiger partial charge is 0.294 e. The van der Waals surface area contributed by atoms with Gasteiger partial charge in [0.05, 0.1) is 32.1 Å². The molecule has 0 saturated heterocycles. The Labute approximate surface area is 196 Å². The average molecular weight is 501 g/mol. The van der Waals surface area contributed by atoms with E-state index >= 15 is 0 Å². The minimum absolute atomic E-state index is 0.188. The highest BCUT2D eigenvalue weighted by Crippen LogP contribution is 2.45. The number of thiophene rings is 1. The molecular weight excluding hydrogens is 483 g/mol. The van der Waals surface area contributed by atoms with E-state index in [-0.39, 0.29) is 20.6 Å². The maximum Gasteiger partial charge on any atom is 0.294 e. The second-order valence-corrected chi connectivity index (χ2v) is 9.87. The first-order valence-electron chi connectivity index (χ1n) is 8.91. The summed E-state index contributed by atoms with van der Waals surface area (Å²) in [6.45, 7) is 3.15. The number of pyridine rings is 1. The van der Waals surface area contributed by atoms with Gasteiger partial charge in [-0.3, -0.25) is 19.9 Å². The summed E-state index contributed by atoms with van der Waals surface area (Å²) in [4.78, 5) is 30.4. The Balaban J connectivity index is 1.86. The van der Waals surface area contributed by atoms with Crippen LogP contribution in [0.4, 0.5) is 11.5 Å². The van der Waals surface area contributed by atoms with E-state index in [0.29, 0.717) is 21.5 Å². The Bertz CT molecular complexity index is 1110. The number of nitrogens with zero attached hydrogens (tertiary/aromatic N) is 5. The molecule has 0 fully saturated rings. The lowest BCUT2D eigenvalue weighted by atomic mass is 10.4. The molecule has 3 aromatic heterocycles. The van der Waals surface area contributed by atoms with Gasteiger partial charge in [-0.2, -0.15) is 5.10 Å². The van der Waals surface area contributed by atoms with Crippen LogP contribution in [0.3, 0.4) is 0 Å². The van der Waals surface area contributed by atoms with Crippen LogP contribution in [-0.2, 0) is 6.54 Å². The molecule has 3 aromatic rings. The van der Waals surface area contributed by atoms with E-state index in [2.05, 4.69) is 15.4 Å². The summed E-state index contributed by atoms with van der Waals surface area (Å²) in [7, 11) is 3.89. The molecule has 164 valence electrons. The van der Waals surface area contributed by atoms with E-state index in [4.69, 9.17) is 23.2 Å². The average Bonchev–Trinajstić information content (AvgIpc) is 3.26. The first-order chi connectivity index (χ1) is 14.7. The lowest BCUT2D eigenvalue weighted by Crippen LogP contribution is -2.21. The Kier molecular flexibility index (Phi) is 7.55. The third-order valence-corrected chi connectivity index (χ3v) is 7.26. The highest BCUT2D eigenvalue weighted by atomic mass is 35.5. The topological polar surface area (TPSA) is 106 Å². The van der Waals surface area contributed by atoms with Gasteiger partial charge >= 0.3 is 0 Å². The minimum Gasteiger partial charge on any atom is -0.308 e. The highest BCUT2D eigenvalue weighted by molar-refractivity contribution is 8.01. The first-order valence-corrected chi connectivity index (χ1v) is 11.3. The molecule has 3 rings (SSSR count). The molecule has 1 amide bonds. The first kappa shape index (κ1) is 23.5. The van der Waals surface area contributed by atoms with E-state index in [1.165, 1.54) is 18.5 Å². The number of nitro groups is 1. The van der Waals surface area contributed by atoms with Crippen LogP contribution in [-0.4, -0.2) is 51.1 Å². The van der Waals surface area contributed by atoms with Crippen molar-refractivity contribution in [2.45, 2.75) is 22.6 Å². The Morgan fingerprint density at radius 1 is 1.32 bits per heavy atom. The lowest BCUT2D eigenvalue weighted by molar-refractivity contribution is -0.387. The van der Waals surface area contributed by atoms with Gasteiger partial charge in [-0.25, -0.2) is 4.68 Å². The van der Waals surface area contributed by atoms with Gasteiger partial charge in [0.2, 0.25) is 0 Å². The summed E-state index contributed by atoms with van der Waals surface area (Å²) in [5.41, 5.74) is 0.561. The molecule has 0 aliphatic rings. The Morgan fingerprint density at radius 3 is 2.61 bits per heavy atom. The maximum atomic E-state index is 12.8. The van der Waals surface area contributed by atoms with E-state index in [1.807, 2.05) is 25.9 Å². The van der Waals surface area contributed by atoms with Crippen molar-refractivity contribution in [3.05, 3.63) is 55.3 Å². The minimum atomic E-state index is -0.538. The van der Waals surface area contributed by atoms with Gasteiger partial charge in [0.1, 0.15) is 14.9 Å². The quantitative estimate of drug-likeness (QED) is 0.348. The Hall–Kier alpha value is -2.18. The van der Waals surface area contributed by atoms with Crippen molar-refractivity contribution in [1.29, 1.82) is 0 Å². The van der Waals surface area contributed by atoms with Crippen molar-refractivity contribution in [2.24, 2.45) is 0 Å². The van der Waals surface area contributed by atoms with Gasteiger partial charge in [0, 0.05) is 31.1 Å². The van der Waals surface area contributed by atoms with Gasteiger partial charge < -0.3 is 10.2 Å². The van der Waals surface area contributed by atoms with Crippen molar-refractivity contribution in [1.82, 2.24) is 19.7 Å². The number of carbonyl (C=O) groups excluding carboxylic acids is 1. The summed E-state index contributed by atoms with van der Waals surface area (Å²) in [5.74, 6) is 0.0627. The van der Waals surface area contributed by atoms with Crippen molar-refractivity contribution in [2.75, 3.05) is 26.0 Å². The fraction of sp³-hybridized carbons (Fsp3) is 0.278. The van der Waals surface area contributed by atoms with E-state index in [1.54, 1.807) is 10.7 Å². The van der Waals surface area contributed by atoms with Crippen LogP contribution in [0.5, 0.6) is 0 Å². The molecule has 13 heteroatoms. The third kappa shape index (κ3) is 5.74. The molecule has 1 N–H and O–H groups in total. The molecule has 0 atom stereocenters. The summed E-state index contributed by atoms with van der Waals surface area (Å²) in [6.07, 6.45) is 2.81. The number of hydrogen-bond acceptors (Lipinski definition) is 8. The number of anilines is 1. The number of aryl methyl sites for hydroxylation is 1. The molecule has 0 spiro atoms. The normalized spacial score (nSPS) is 11.2. The standard InChI is InChI=1S/C18H18Cl2N6O3S2/c1-10-6-15(25(23-10)5-4-24(2)3)22-17(27)14-7-13(26(28)29)18(30-14)31-16-11(19)8-21-9-12(16)20/h6-9H,4-5H2,1-3H3,(H,22,27). The monoisotopic (exact) mass is 500 g/mol. The molecule has 0 aromatic carbocycles. The number of rotatable bonds is 8. The molecule has 0 aliphatic heterocycles. The van der Waals surface area contributed by atoms with Crippen molar-refractivity contribution >= 4 is 63.7 Å². The highest BCUT2D eigenvalue weighted by Gasteiger charge is 2.25. The van der Waals surface area contributed by atoms with Gasteiger partial charge in [0.25, 0.3) is 11.6 Å². The largest absolute Gasteiger partial charge is 0.308 e. The molecule has 0 aliphatic carbocycles. The fourth-order valence-corrected chi connectivity index (χ4v) is 5.31. The van der Waals surface area contributed by atoms with Crippen molar-refractivity contribution in [3.8, 4) is 0 Å². The predicted octanol–water partition coefficient (Wildman–Crippen LogP) is 4.83. The van der Waals surface area contributed by atoms with Crippen LogP contribution in [0, 0.1) is 17.0 Å². The summed E-state index contributed by atoms with van der Waals surface area (Å²) >= 11 is 14.3. The second kappa shape index (κ2) is 9.96.